The number of aromatic nitrogens is 1. The van der Waals surface area contributed by atoms with Gasteiger partial charge in [-0.1, -0.05) is 214 Å². The van der Waals surface area contributed by atoms with Gasteiger partial charge in [0.25, 0.3) is 0 Å². The van der Waals surface area contributed by atoms with Crippen LogP contribution in [0.4, 0.5) is 0 Å². The molecule has 63 heavy (non-hydrogen) atoms. The first-order chi connectivity index (χ1) is 29.9. The molecule has 5 heteroatoms. The second-order valence-electron chi connectivity index (χ2n) is 17.2. The number of nitrogens with zero attached hydrogens (tertiary/aromatic N) is 1. The molecule has 2 N–H and O–H groups in total. The van der Waals surface area contributed by atoms with Crippen LogP contribution in [-0.4, -0.2) is 15.2 Å². The predicted molar refractivity (Wildman–Crippen MR) is 282 cm³/mol. The fourth-order valence-electron chi connectivity index (χ4n) is 6.38. The lowest BCUT2D eigenvalue weighted by Gasteiger charge is -2.23. The highest BCUT2D eigenvalue weighted by Crippen LogP contribution is 2.43. The minimum Gasteiger partial charge on any atom is -0.508 e. The molecule has 0 aliphatic rings. The first-order valence-electron chi connectivity index (χ1n) is 21.7. The van der Waals surface area contributed by atoms with E-state index in [-0.39, 0.29) is 22.3 Å². The van der Waals surface area contributed by atoms with Crippen LogP contribution in [0.2, 0.25) is 0 Å². The Morgan fingerprint density at radius 2 is 1.40 bits per heavy atom. The van der Waals surface area contributed by atoms with Crippen molar-refractivity contribution < 1.29 is 10.2 Å². The average molecular weight is 876 g/mol. The van der Waals surface area contributed by atoms with Crippen LogP contribution in [0, 0.1) is 5.41 Å². The average Bonchev–Trinajstić information content (AvgIpc) is 3.75. The van der Waals surface area contributed by atoms with Gasteiger partial charge in [-0.15, -0.1) is 11.3 Å². The summed E-state index contributed by atoms with van der Waals surface area (Å²) in [6, 6.07) is 31.1. The summed E-state index contributed by atoms with van der Waals surface area (Å²) >= 11 is 3.00. The molecule has 0 spiro atoms. The molecular formula is C58H69NO2S2. The number of benzene rings is 4. The highest BCUT2D eigenvalue weighted by atomic mass is 32.2. The topological polar surface area (TPSA) is 53.4 Å². The van der Waals surface area contributed by atoms with Crippen molar-refractivity contribution in [1.82, 2.24) is 4.98 Å². The Bertz CT molecular complexity index is 2440. The fraction of sp³-hybridized carbons (Fsp3) is 0.259. The Hall–Kier alpha value is -5.62. The third-order valence-electron chi connectivity index (χ3n) is 9.88. The summed E-state index contributed by atoms with van der Waals surface area (Å²) < 4.78 is 0. The van der Waals surface area contributed by atoms with E-state index < -0.39 is 0 Å². The van der Waals surface area contributed by atoms with Crippen molar-refractivity contribution in [1.29, 1.82) is 0 Å². The molecule has 5 aromatic rings. The lowest BCUT2D eigenvalue weighted by molar-refractivity contribution is 0.441. The van der Waals surface area contributed by atoms with Crippen molar-refractivity contribution in [2.75, 3.05) is 0 Å². The second-order valence-corrected chi connectivity index (χ2v) is 19.0. The number of aromatic hydroxyl groups is 1. The Labute approximate surface area is 388 Å². The molecule has 0 aliphatic heterocycles. The number of thioether (sulfide) groups is 1. The van der Waals surface area contributed by atoms with E-state index in [0.717, 1.165) is 68.8 Å². The number of thiazole rings is 1. The van der Waals surface area contributed by atoms with Gasteiger partial charge < -0.3 is 10.2 Å². The van der Waals surface area contributed by atoms with Crippen LogP contribution >= 0.6 is 23.1 Å². The van der Waals surface area contributed by atoms with Gasteiger partial charge in [0.15, 0.2) is 0 Å². The maximum absolute atomic E-state index is 11.4. The van der Waals surface area contributed by atoms with E-state index in [4.69, 9.17) is 4.98 Å². The molecule has 0 amide bonds. The normalized spacial score (nSPS) is 11.9. The minimum atomic E-state index is -0.0921. The lowest BCUT2D eigenvalue weighted by Crippen LogP contribution is -2.11. The molecule has 4 aromatic carbocycles. The SMILES string of the molecule is C=C(/C=C\C=C/C)C/C=C/C(C)(C)C.C=C(O)C(=C)c1nc(-c2ccccc2CCc2ccccc2/C(C)=C/SC(=C)c2cc(C(C)(C)C)cc(-c3ccccc3)c2O)cs1.CC. The van der Waals surface area contributed by atoms with E-state index in [1.54, 1.807) is 11.8 Å². The van der Waals surface area contributed by atoms with E-state index in [0.29, 0.717) is 10.6 Å². The first kappa shape index (κ1) is 51.7. The quantitative estimate of drug-likeness (QED) is 0.0625. The van der Waals surface area contributed by atoms with Crippen LogP contribution in [-0.2, 0) is 18.3 Å². The van der Waals surface area contributed by atoms with Gasteiger partial charge in [-0.05, 0) is 94.9 Å². The van der Waals surface area contributed by atoms with Gasteiger partial charge in [-0.2, -0.15) is 0 Å². The number of allylic oxidation sites excluding steroid dienone is 9. The number of aliphatic hydroxyl groups is 1. The molecule has 5 rings (SSSR count). The van der Waals surface area contributed by atoms with E-state index in [1.807, 2.05) is 86.9 Å². The monoisotopic (exact) mass is 875 g/mol. The Kier molecular flexibility index (Phi) is 20.4. The van der Waals surface area contributed by atoms with Gasteiger partial charge in [0.05, 0.1) is 5.69 Å². The molecule has 0 radical (unpaired) electrons. The van der Waals surface area contributed by atoms with Gasteiger partial charge >= 0.3 is 0 Å². The third kappa shape index (κ3) is 16.2. The van der Waals surface area contributed by atoms with E-state index in [2.05, 4.69) is 147 Å². The van der Waals surface area contributed by atoms with Crippen LogP contribution in [0.3, 0.4) is 0 Å². The highest BCUT2D eigenvalue weighted by molar-refractivity contribution is 8.11. The number of aryl methyl sites for hydroxylation is 2. The molecule has 0 aliphatic carbocycles. The maximum atomic E-state index is 11.4. The Morgan fingerprint density at radius 3 is 2.03 bits per heavy atom. The van der Waals surface area contributed by atoms with Crippen molar-refractivity contribution in [2.24, 2.45) is 5.41 Å². The van der Waals surface area contributed by atoms with Crippen molar-refractivity contribution in [3.63, 3.8) is 0 Å². The largest absolute Gasteiger partial charge is 0.508 e. The molecule has 0 atom stereocenters. The molecule has 0 bridgehead atoms. The van der Waals surface area contributed by atoms with Crippen LogP contribution < -0.4 is 0 Å². The fourth-order valence-corrected chi connectivity index (χ4v) is 7.92. The van der Waals surface area contributed by atoms with Crippen LogP contribution in [0.1, 0.15) is 108 Å². The molecule has 0 saturated carbocycles. The number of rotatable bonds is 15. The standard InChI is InChI=1S/C42H41NO2S2.C14H22.C2H6/c1-27(25-46-30(4)37-23-34(42(5,6)7)24-38(40(37)45)31-15-9-8-10-16-31)35-19-13-11-17-32(35)21-22-33-18-12-14-20-36(33)39-26-47-41(43-39)28(2)29(3)44;1-6-7-8-10-13(2)11-9-12-14(3,4)5;1-2/h8-20,23-26,44-45H,2-4,21-22H2,1,5-7H3;6-10,12H,2,11H2,1,3-5H3;1-2H3/b27-25+;7-6-,10-8-,12-9+;. The summed E-state index contributed by atoms with van der Waals surface area (Å²) in [6.45, 7) is 37.2. The summed E-state index contributed by atoms with van der Waals surface area (Å²) in [5, 5.41) is 26.0. The number of hydrogen-bond acceptors (Lipinski definition) is 5. The summed E-state index contributed by atoms with van der Waals surface area (Å²) in [6.07, 6.45) is 15.1. The Morgan fingerprint density at radius 1 is 0.778 bits per heavy atom. The molecule has 0 fully saturated rings. The van der Waals surface area contributed by atoms with Crippen molar-refractivity contribution in [3.05, 3.63) is 209 Å². The van der Waals surface area contributed by atoms with Gasteiger partial charge in [0.2, 0.25) is 0 Å². The van der Waals surface area contributed by atoms with Crippen molar-refractivity contribution in [3.8, 4) is 28.1 Å². The third-order valence-corrected chi connectivity index (χ3v) is 11.8. The number of phenolic OH excluding ortho intramolecular Hbond substituents is 1. The zero-order valence-corrected chi connectivity index (χ0v) is 41.0. The number of hydrogen-bond donors (Lipinski definition) is 2. The minimum absolute atomic E-state index is 0.0619. The lowest BCUT2D eigenvalue weighted by atomic mass is 9.83. The molecule has 0 saturated heterocycles. The molecule has 1 aromatic heterocycles. The van der Waals surface area contributed by atoms with Gasteiger partial charge in [0, 0.05) is 32.5 Å². The van der Waals surface area contributed by atoms with Crippen LogP contribution in [0.15, 0.2) is 176 Å². The molecule has 0 unspecified atom stereocenters. The smallest absolute Gasteiger partial charge is 0.131 e. The molecule has 3 nitrogen and oxygen atoms in total. The second kappa shape index (κ2) is 24.9. The number of aliphatic hydroxyl groups excluding tert-OH is 1. The number of phenols is 1. The summed E-state index contributed by atoms with van der Waals surface area (Å²) in [7, 11) is 0. The zero-order valence-electron chi connectivity index (χ0n) is 39.4. The van der Waals surface area contributed by atoms with Crippen molar-refractivity contribution in [2.45, 2.75) is 93.9 Å². The van der Waals surface area contributed by atoms with E-state index in [1.165, 1.54) is 28.0 Å². The zero-order chi connectivity index (χ0) is 46.7. The van der Waals surface area contributed by atoms with Crippen molar-refractivity contribution >= 4 is 39.2 Å². The van der Waals surface area contributed by atoms with Gasteiger partial charge in [-0.25, -0.2) is 4.98 Å². The maximum Gasteiger partial charge on any atom is 0.131 e. The molecule has 1 heterocycles. The van der Waals surface area contributed by atoms with E-state index in [9.17, 15) is 10.2 Å². The molecule has 330 valence electrons. The molecular weight excluding hydrogens is 807 g/mol. The van der Waals surface area contributed by atoms with Crippen LogP contribution in [0.25, 0.3) is 38.4 Å². The summed E-state index contributed by atoms with van der Waals surface area (Å²) in [5.74, 6) is 0.192. The highest BCUT2D eigenvalue weighted by Gasteiger charge is 2.21. The summed E-state index contributed by atoms with van der Waals surface area (Å²) in [5.41, 5.74) is 12.2. The van der Waals surface area contributed by atoms with Crippen LogP contribution in [0.5, 0.6) is 5.75 Å². The predicted octanol–water partition coefficient (Wildman–Crippen LogP) is 17.8. The first-order valence-corrected chi connectivity index (χ1v) is 23.5. The van der Waals surface area contributed by atoms with E-state index >= 15 is 0 Å². The van der Waals surface area contributed by atoms with Gasteiger partial charge in [-0.3, -0.25) is 0 Å². The van der Waals surface area contributed by atoms with Gasteiger partial charge in [0.1, 0.15) is 16.5 Å². The Balaban J connectivity index is 0.000000564. The summed E-state index contributed by atoms with van der Waals surface area (Å²) in [4.78, 5) is 5.53.